The van der Waals surface area contributed by atoms with Gasteiger partial charge in [0, 0.05) is 53.3 Å². The molecule has 0 fully saturated rings. The Labute approximate surface area is 211 Å². The van der Waals surface area contributed by atoms with Crippen LogP contribution in [0.25, 0.3) is 22.3 Å². The number of tetrazole rings is 1. The van der Waals surface area contributed by atoms with E-state index < -0.39 is 0 Å². The fourth-order valence-corrected chi connectivity index (χ4v) is 4.36. The quantitative estimate of drug-likeness (QED) is 0.321. The summed E-state index contributed by atoms with van der Waals surface area (Å²) in [5, 5.41) is 18.5. The van der Waals surface area contributed by atoms with Gasteiger partial charge in [0.15, 0.2) is 5.82 Å². The van der Waals surface area contributed by atoms with E-state index in [1.165, 1.54) is 0 Å². The summed E-state index contributed by atoms with van der Waals surface area (Å²) >= 11 is 6.19. The second-order valence-electron chi connectivity index (χ2n) is 8.44. The van der Waals surface area contributed by atoms with Gasteiger partial charge >= 0.3 is 0 Å². The Morgan fingerprint density at radius 2 is 2.00 bits per heavy atom. The third-order valence-electron chi connectivity index (χ3n) is 5.87. The number of nitrogen functional groups attached to an aromatic ring is 1. The number of hydrogen-bond acceptors (Lipinski definition) is 8. The number of halogens is 1. The lowest BCUT2D eigenvalue weighted by Crippen LogP contribution is -2.24. The summed E-state index contributed by atoms with van der Waals surface area (Å²) in [5.41, 5.74) is 12.2. The monoisotopic (exact) mass is 499 g/mol. The molecule has 1 aromatic carbocycles. The minimum Gasteiger partial charge on any atom is -0.384 e. The van der Waals surface area contributed by atoms with Gasteiger partial charge in [-0.05, 0) is 77.4 Å². The van der Waals surface area contributed by atoms with Crippen LogP contribution in [0.5, 0.6) is 0 Å². The zero-order valence-corrected chi connectivity index (χ0v) is 20.3. The van der Waals surface area contributed by atoms with Gasteiger partial charge in [0.05, 0.1) is 10.5 Å². The number of aromatic nitrogens is 7. The Balaban J connectivity index is 1.39. The number of carbonyl (C=O) groups excluding carboxylic acids is 1. The summed E-state index contributed by atoms with van der Waals surface area (Å²) in [6, 6.07) is 11.1. The standard InChI is InChI=1S/C25H22ClN9O/c1-13-5-22(27)31-14(2)21(13)12-30-25(36)16-3-4-28-19(10-16)7-15-6-17-9-18(26)11-29-23(17)20(8-15)24-32-34-35-33-24/h3-6,8-11H,7,12H2,1-2H3,(H2,27,31)(H,30,36)(H,32,33,34,35). The molecule has 5 aromatic rings. The third-order valence-corrected chi connectivity index (χ3v) is 6.08. The molecule has 0 atom stereocenters. The third kappa shape index (κ3) is 4.84. The van der Waals surface area contributed by atoms with Crippen molar-refractivity contribution in [3.63, 3.8) is 0 Å². The van der Waals surface area contributed by atoms with Crippen molar-refractivity contribution in [2.45, 2.75) is 26.8 Å². The fraction of sp³-hybridized carbons (Fsp3) is 0.160. The Morgan fingerprint density at radius 1 is 1.14 bits per heavy atom. The maximum atomic E-state index is 12.9. The number of aromatic amines is 1. The molecule has 180 valence electrons. The molecule has 0 saturated heterocycles. The van der Waals surface area contributed by atoms with E-state index in [-0.39, 0.29) is 5.91 Å². The van der Waals surface area contributed by atoms with Crippen LogP contribution in [0.15, 0.2) is 48.8 Å². The van der Waals surface area contributed by atoms with Crippen LogP contribution < -0.4 is 11.1 Å². The molecule has 4 heterocycles. The molecule has 1 amide bonds. The lowest BCUT2D eigenvalue weighted by molar-refractivity contribution is 0.0950. The molecule has 0 spiro atoms. The van der Waals surface area contributed by atoms with Crippen LogP contribution in [0, 0.1) is 13.8 Å². The Bertz CT molecular complexity index is 1560. The highest BCUT2D eigenvalue weighted by molar-refractivity contribution is 6.31. The van der Waals surface area contributed by atoms with Gasteiger partial charge in [-0.25, -0.2) is 10.1 Å². The van der Waals surface area contributed by atoms with Gasteiger partial charge < -0.3 is 11.1 Å². The number of hydrogen-bond donors (Lipinski definition) is 3. The van der Waals surface area contributed by atoms with E-state index in [2.05, 4.69) is 40.9 Å². The van der Waals surface area contributed by atoms with E-state index in [4.69, 9.17) is 17.3 Å². The minimum atomic E-state index is -0.197. The molecule has 10 nitrogen and oxygen atoms in total. The number of nitrogens with zero attached hydrogens (tertiary/aromatic N) is 6. The first kappa shape index (κ1) is 23.3. The van der Waals surface area contributed by atoms with E-state index in [9.17, 15) is 4.79 Å². The van der Waals surface area contributed by atoms with Gasteiger partial charge in [0.25, 0.3) is 5.91 Å². The lowest BCUT2D eigenvalue weighted by atomic mass is 10.0. The highest BCUT2D eigenvalue weighted by Crippen LogP contribution is 2.29. The smallest absolute Gasteiger partial charge is 0.251 e. The fourth-order valence-electron chi connectivity index (χ4n) is 4.19. The van der Waals surface area contributed by atoms with Crippen LogP contribution in [0.1, 0.15) is 38.4 Å². The van der Waals surface area contributed by atoms with Gasteiger partial charge in [0.1, 0.15) is 5.82 Å². The van der Waals surface area contributed by atoms with E-state index in [0.29, 0.717) is 35.2 Å². The van der Waals surface area contributed by atoms with Crippen LogP contribution in [-0.2, 0) is 13.0 Å². The van der Waals surface area contributed by atoms with Crippen LogP contribution in [0.4, 0.5) is 5.82 Å². The first-order valence-corrected chi connectivity index (χ1v) is 11.5. The number of fused-ring (bicyclic) bond motifs is 1. The highest BCUT2D eigenvalue weighted by Gasteiger charge is 2.14. The maximum absolute atomic E-state index is 12.9. The normalized spacial score (nSPS) is 11.1. The number of nitrogens with one attached hydrogen (secondary N) is 2. The Morgan fingerprint density at radius 3 is 2.78 bits per heavy atom. The van der Waals surface area contributed by atoms with Gasteiger partial charge in [0.2, 0.25) is 0 Å². The number of nitrogens with two attached hydrogens (primary N) is 1. The molecule has 11 heteroatoms. The lowest BCUT2D eigenvalue weighted by Gasteiger charge is -2.12. The summed E-state index contributed by atoms with van der Waals surface area (Å²) < 4.78 is 0. The summed E-state index contributed by atoms with van der Waals surface area (Å²) in [4.78, 5) is 26.1. The number of rotatable bonds is 6. The first-order chi connectivity index (χ1) is 17.4. The summed E-state index contributed by atoms with van der Waals surface area (Å²) in [7, 11) is 0. The highest BCUT2D eigenvalue weighted by atomic mass is 35.5. The molecular formula is C25H22ClN9O. The second kappa shape index (κ2) is 9.67. The number of aryl methyl sites for hydroxylation is 2. The van der Waals surface area contributed by atoms with Crippen molar-refractivity contribution in [3.8, 4) is 11.4 Å². The minimum absolute atomic E-state index is 0.197. The Kier molecular flexibility index (Phi) is 6.26. The van der Waals surface area contributed by atoms with Gasteiger partial charge in [-0.2, -0.15) is 0 Å². The van der Waals surface area contributed by atoms with Crippen molar-refractivity contribution in [2.24, 2.45) is 0 Å². The molecule has 0 unspecified atom stereocenters. The van der Waals surface area contributed by atoms with Gasteiger partial charge in [-0.3, -0.25) is 14.8 Å². The molecule has 4 N–H and O–H groups in total. The molecular weight excluding hydrogens is 478 g/mol. The largest absolute Gasteiger partial charge is 0.384 e. The van der Waals surface area contributed by atoms with Crippen LogP contribution in [0.2, 0.25) is 5.02 Å². The molecule has 0 saturated carbocycles. The van der Waals surface area contributed by atoms with Crippen LogP contribution in [-0.4, -0.2) is 41.5 Å². The van der Waals surface area contributed by atoms with Gasteiger partial charge in [-0.15, -0.1) is 5.10 Å². The van der Waals surface area contributed by atoms with Crippen molar-refractivity contribution in [1.29, 1.82) is 0 Å². The number of carbonyl (C=O) groups is 1. The summed E-state index contributed by atoms with van der Waals surface area (Å²) in [6.07, 6.45) is 3.70. The number of amides is 1. The molecule has 4 aromatic heterocycles. The first-order valence-electron chi connectivity index (χ1n) is 11.2. The molecule has 36 heavy (non-hydrogen) atoms. The molecule has 0 aliphatic rings. The van der Waals surface area contributed by atoms with Crippen LogP contribution >= 0.6 is 11.6 Å². The average molecular weight is 500 g/mol. The zero-order valence-electron chi connectivity index (χ0n) is 19.6. The summed E-state index contributed by atoms with van der Waals surface area (Å²) in [6.45, 7) is 4.19. The Hall–Kier alpha value is -4.44. The topological polar surface area (TPSA) is 148 Å². The van der Waals surface area contributed by atoms with E-state index in [1.807, 2.05) is 32.0 Å². The number of anilines is 1. The predicted molar refractivity (Wildman–Crippen MR) is 136 cm³/mol. The number of H-pyrrole nitrogens is 1. The van der Waals surface area contributed by atoms with Gasteiger partial charge in [-0.1, -0.05) is 11.6 Å². The number of pyridine rings is 3. The van der Waals surface area contributed by atoms with Crippen LogP contribution in [0.3, 0.4) is 0 Å². The maximum Gasteiger partial charge on any atom is 0.251 e. The van der Waals surface area contributed by atoms with Crippen molar-refractivity contribution < 1.29 is 4.79 Å². The van der Waals surface area contributed by atoms with E-state index >= 15 is 0 Å². The zero-order chi connectivity index (χ0) is 25.2. The molecule has 0 bridgehead atoms. The average Bonchev–Trinajstić information content (AvgIpc) is 3.37. The summed E-state index contributed by atoms with van der Waals surface area (Å²) in [5.74, 6) is 0.769. The van der Waals surface area contributed by atoms with Crippen molar-refractivity contribution in [3.05, 3.63) is 87.5 Å². The molecule has 0 aliphatic carbocycles. The molecule has 5 rings (SSSR count). The van der Waals surface area contributed by atoms with E-state index in [0.717, 1.165) is 44.5 Å². The van der Waals surface area contributed by atoms with E-state index in [1.54, 1.807) is 30.6 Å². The molecule has 0 aliphatic heterocycles. The number of benzene rings is 1. The SMILES string of the molecule is Cc1cc(N)nc(C)c1CNC(=O)c1ccnc(Cc2cc(-c3nnn[nH]3)c3ncc(Cl)cc3c2)c1. The van der Waals surface area contributed by atoms with Crippen molar-refractivity contribution >= 4 is 34.2 Å². The second-order valence-corrected chi connectivity index (χ2v) is 8.88. The molecule has 0 radical (unpaired) electrons. The van der Waals surface area contributed by atoms with Crippen molar-refractivity contribution in [1.82, 2.24) is 40.9 Å². The predicted octanol–water partition coefficient (Wildman–Crippen LogP) is 3.58. The van der Waals surface area contributed by atoms with Crippen molar-refractivity contribution in [2.75, 3.05) is 5.73 Å².